The van der Waals surface area contributed by atoms with Gasteiger partial charge in [0.15, 0.2) is 11.9 Å². The summed E-state index contributed by atoms with van der Waals surface area (Å²) in [6.07, 6.45) is 9.71. The monoisotopic (exact) mass is 396 g/mol. The molecule has 2 saturated carbocycles. The lowest BCUT2D eigenvalue weighted by molar-refractivity contribution is -0.111. The van der Waals surface area contributed by atoms with Crippen molar-refractivity contribution in [1.29, 1.82) is 0 Å². The fourth-order valence-corrected chi connectivity index (χ4v) is 3.77. The predicted octanol–water partition coefficient (Wildman–Crippen LogP) is 0.871. The van der Waals surface area contributed by atoms with E-state index < -0.39 is 0 Å². The number of hydrogen-bond acceptors (Lipinski definition) is 4. The molecule has 28 heavy (non-hydrogen) atoms. The average Bonchev–Trinajstić information content (AvgIpc) is 2.77. The van der Waals surface area contributed by atoms with Crippen molar-refractivity contribution in [2.75, 3.05) is 34.8 Å². The third-order valence-corrected chi connectivity index (χ3v) is 5.67. The van der Waals surface area contributed by atoms with Gasteiger partial charge < -0.3 is 31.2 Å². The number of guanidine groups is 2. The topological polar surface area (TPSA) is 110 Å². The van der Waals surface area contributed by atoms with Crippen molar-refractivity contribution >= 4 is 18.2 Å². The molecule has 2 aliphatic rings. The number of rotatable bonds is 4. The SMILES string of the molecule is CN=C(NC)NC1CCC(C=O)CC1.CN=C(NC)NC1CCC(CO)CC1. The fraction of sp³-hybridized carbons (Fsp3) is 0.850. The summed E-state index contributed by atoms with van der Waals surface area (Å²) in [7, 11) is 7.26. The molecule has 2 rings (SSSR count). The normalized spacial score (nSPS) is 28.5. The predicted molar refractivity (Wildman–Crippen MR) is 116 cm³/mol. The van der Waals surface area contributed by atoms with Gasteiger partial charge in [0.2, 0.25) is 0 Å². The maximum Gasteiger partial charge on any atom is 0.190 e. The van der Waals surface area contributed by atoms with Crippen molar-refractivity contribution < 1.29 is 9.90 Å². The lowest BCUT2D eigenvalue weighted by atomic mass is 9.87. The lowest BCUT2D eigenvalue weighted by Gasteiger charge is -2.28. The van der Waals surface area contributed by atoms with Crippen LogP contribution in [0.5, 0.6) is 0 Å². The average molecular weight is 397 g/mol. The van der Waals surface area contributed by atoms with Crippen LogP contribution >= 0.6 is 0 Å². The van der Waals surface area contributed by atoms with Gasteiger partial charge in [-0.3, -0.25) is 9.98 Å². The highest BCUT2D eigenvalue weighted by Crippen LogP contribution is 2.23. The quantitative estimate of drug-likeness (QED) is 0.274. The van der Waals surface area contributed by atoms with Crippen LogP contribution in [0.25, 0.3) is 0 Å². The summed E-state index contributed by atoms with van der Waals surface area (Å²) < 4.78 is 0. The number of aliphatic hydroxyl groups excluding tert-OH is 1. The van der Waals surface area contributed by atoms with E-state index in [1.807, 2.05) is 14.1 Å². The van der Waals surface area contributed by atoms with Crippen LogP contribution in [0, 0.1) is 11.8 Å². The smallest absolute Gasteiger partial charge is 0.190 e. The van der Waals surface area contributed by atoms with Crippen LogP contribution in [0.1, 0.15) is 51.4 Å². The van der Waals surface area contributed by atoms with Crippen LogP contribution < -0.4 is 21.3 Å². The number of aliphatic imine (C=N–C) groups is 2. The van der Waals surface area contributed by atoms with Crippen molar-refractivity contribution in [3.05, 3.63) is 0 Å². The summed E-state index contributed by atoms with van der Waals surface area (Å²) in [5.41, 5.74) is 0. The van der Waals surface area contributed by atoms with Gasteiger partial charge in [-0.1, -0.05) is 0 Å². The molecule has 162 valence electrons. The Morgan fingerprint density at radius 2 is 1.29 bits per heavy atom. The largest absolute Gasteiger partial charge is 0.396 e. The van der Waals surface area contributed by atoms with Crippen LogP contribution in [0.3, 0.4) is 0 Å². The Morgan fingerprint density at radius 3 is 1.61 bits per heavy atom. The summed E-state index contributed by atoms with van der Waals surface area (Å²) in [4.78, 5) is 18.7. The first-order valence-electron chi connectivity index (χ1n) is 10.5. The molecule has 8 nitrogen and oxygen atoms in total. The van der Waals surface area contributed by atoms with E-state index in [0.29, 0.717) is 24.6 Å². The van der Waals surface area contributed by atoms with Crippen molar-refractivity contribution in [3.63, 3.8) is 0 Å². The Bertz CT molecular complexity index is 481. The second kappa shape index (κ2) is 14.2. The molecule has 0 aliphatic heterocycles. The van der Waals surface area contributed by atoms with Gasteiger partial charge in [0.1, 0.15) is 6.29 Å². The van der Waals surface area contributed by atoms with E-state index in [4.69, 9.17) is 5.11 Å². The van der Waals surface area contributed by atoms with Crippen LogP contribution in [0.15, 0.2) is 9.98 Å². The van der Waals surface area contributed by atoms with Gasteiger partial charge in [-0.15, -0.1) is 0 Å². The number of hydrogen-bond donors (Lipinski definition) is 5. The minimum absolute atomic E-state index is 0.282. The molecule has 0 spiro atoms. The Hall–Kier alpha value is -1.83. The molecule has 8 heteroatoms. The summed E-state index contributed by atoms with van der Waals surface area (Å²) in [6.45, 7) is 0.341. The van der Waals surface area contributed by atoms with Gasteiger partial charge in [-0.25, -0.2) is 0 Å². The minimum atomic E-state index is 0.282. The third-order valence-electron chi connectivity index (χ3n) is 5.67. The van der Waals surface area contributed by atoms with Crippen LogP contribution in [0.4, 0.5) is 0 Å². The molecular weight excluding hydrogens is 356 g/mol. The zero-order valence-electron chi connectivity index (χ0n) is 18.0. The molecule has 2 aliphatic carbocycles. The molecule has 0 atom stereocenters. The Balaban J connectivity index is 0.000000280. The van der Waals surface area contributed by atoms with Gasteiger partial charge in [-0.05, 0) is 57.3 Å². The minimum Gasteiger partial charge on any atom is -0.396 e. The maximum absolute atomic E-state index is 10.5. The highest BCUT2D eigenvalue weighted by Gasteiger charge is 2.21. The first-order valence-corrected chi connectivity index (χ1v) is 10.5. The first-order chi connectivity index (χ1) is 13.6. The molecule has 0 aromatic heterocycles. The number of aldehydes is 1. The first kappa shape index (κ1) is 24.2. The fourth-order valence-electron chi connectivity index (χ4n) is 3.77. The molecule has 0 unspecified atom stereocenters. The lowest BCUT2D eigenvalue weighted by Crippen LogP contribution is -2.43. The van der Waals surface area contributed by atoms with E-state index in [1.165, 1.54) is 0 Å². The van der Waals surface area contributed by atoms with E-state index in [1.54, 1.807) is 14.1 Å². The number of carbonyl (C=O) groups excluding carboxylic acids is 1. The molecule has 0 aromatic rings. The van der Waals surface area contributed by atoms with Crippen molar-refractivity contribution in [3.8, 4) is 0 Å². The molecule has 5 N–H and O–H groups in total. The Morgan fingerprint density at radius 1 is 0.857 bits per heavy atom. The summed E-state index contributed by atoms with van der Waals surface area (Å²) in [6, 6.07) is 0.987. The second-order valence-corrected chi connectivity index (χ2v) is 7.58. The maximum atomic E-state index is 10.5. The summed E-state index contributed by atoms with van der Waals surface area (Å²) >= 11 is 0. The molecule has 0 aromatic carbocycles. The standard InChI is InChI=1S/C10H21N3O.C10H19N3O/c2*1-11-10(12-2)13-9-5-3-8(7-14)4-6-9/h8-9,14H,3-7H2,1-2H3,(H2,11,12,13);7-9H,3-6H2,1-2H3,(H2,11,12,13). The molecule has 0 bridgehead atoms. The van der Waals surface area contributed by atoms with Gasteiger partial charge in [0.05, 0.1) is 0 Å². The van der Waals surface area contributed by atoms with Crippen molar-refractivity contribution in [2.24, 2.45) is 21.8 Å². The number of aliphatic hydroxyl groups is 1. The second-order valence-electron chi connectivity index (χ2n) is 7.58. The van der Waals surface area contributed by atoms with E-state index >= 15 is 0 Å². The molecule has 2 fully saturated rings. The van der Waals surface area contributed by atoms with Crippen LogP contribution in [0.2, 0.25) is 0 Å². The van der Waals surface area contributed by atoms with Gasteiger partial charge in [0, 0.05) is 52.8 Å². The van der Waals surface area contributed by atoms with Crippen molar-refractivity contribution in [2.45, 2.75) is 63.5 Å². The highest BCUT2D eigenvalue weighted by atomic mass is 16.3. The van der Waals surface area contributed by atoms with E-state index in [0.717, 1.165) is 69.6 Å². The Labute approximate surface area is 170 Å². The van der Waals surface area contributed by atoms with Gasteiger partial charge in [0.25, 0.3) is 0 Å². The number of carbonyl (C=O) groups is 1. The van der Waals surface area contributed by atoms with Gasteiger partial charge >= 0.3 is 0 Å². The molecule has 0 radical (unpaired) electrons. The number of nitrogens with zero attached hydrogens (tertiary/aromatic N) is 2. The van der Waals surface area contributed by atoms with E-state index in [-0.39, 0.29) is 5.92 Å². The highest BCUT2D eigenvalue weighted by molar-refractivity contribution is 5.80. The third kappa shape index (κ3) is 8.91. The van der Waals surface area contributed by atoms with E-state index in [2.05, 4.69) is 31.3 Å². The number of nitrogens with one attached hydrogen (secondary N) is 4. The zero-order chi connectivity index (χ0) is 20.8. The summed E-state index contributed by atoms with van der Waals surface area (Å²) in [5.74, 6) is 2.49. The molecular formula is C20H40N6O2. The Kier molecular flexibility index (Phi) is 12.3. The van der Waals surface area contributed by atoms with Crippen LogP contribution in [-0.4, -0.2) is 70.2 Å². The summed E-state index contributed by atoms with van der Waals surface area (Å²) in [5, 5.41) is 21.7. The van der Waals surface area contributed by atoms with E-state index in [9.17, 15) is 4.79 Å². The zero-order valence-corrected chi connectivity index (χ0v) is 18.0. The van der Waals surface area contributed by atoms with Gasteiger partial charge in [-0.2, -0.15) is 0 Å². The van der Waals surface area contributed by atoms with Crippen LogP contribution in [-0.2, 0) is 4.79 Å². The van der Waals surface area contributed by atoms with Crippen molar-refractivity contribution in [1.82, 2.24) is 21.3 Å². The molecule has 0 saturated heterocycles. The molecule has 0 amide bonds. The molecule has 0 heterocycles.